The van der Waals surface area contributed by atoms with Crippen molar-refractivity contribution in [2.75, 3.05) is 13.7 Å². The molecule has 0 aliphatic carbocycles. The summed E-state index contributed by atoms with van der Waals surface area (Å²) in [6.45, 7) is 1.97. The van der Waals surface area contributed by atoms with Crippen molar-refractivity contribution in [3.8, 4) is 0 Å². The lowest BCUT2D eigenvalue weighted by Gasteiger charge is -2.09. The van der Waals surface area contributed by atoms with Crippen molar-refractivity contribution >= 4 is 21.7 Å². The summed E-state index contributed by atoms with van der Waals surface area (Å²) in [5, 5.41) is 10.7. The van der Waals surface area contributed by atoms with Gasteiger partial charge in [0.15, 0.2) is 0 Å². The first-order valence-corrected chi connectivity index (χ1v) is 7.18. The minimum atomic E-state index is -3.92. The second-order valence-corrected chi connectivity index (χ2v) is 5.56. The first-order chi connectivity index (χ1) is 9.33. The number of esters is 1. The molecule has 1 aromatic carbocycles. The molecular formula is C11H14N2O6S. The van der Waals surface area contributed by atoms with Gasteiger partial charge in [0.25, 0.3) is 5.69 Å². The quantitative estimate of drug-likeness (QED) is 0.477. The van der Waals surface area contributed by atoms with Crippen LogP contribution in [0.3, 0.4) is 0 Å². The summed E-state index contributed by atoms with van der Waals surface area (Å²) in [4.78, 5) is 21.2. The topological polar surface area (TPSA) is 116 Å². The zero-order valence-electron chi connectivity index (χ0n) is 11.0. The fourth-order valence-corrected chi connectivity index (χ4v) is 2.76. The Morgan fingerprint density at radius 3 is 2.60 bits per heavy atom. The highest BCUT2D eigenvalue weighted by Gasteiger charge is 2.25. The van der Waals surface area contributed by atoms with Crippen molar-refractivity contribution in [3.05, 3.63) is 33.9 Å². The summed E-state index contributed by atoms with van der Waals surface area (Å²) in [7, 11) is -2.86. The molecule has 110 valence electrons. The number of nitrogens with zero attached hydrogens (tertiary/aromatic N) is 1. The monoisotopic (exact) mass is 302 g/mol. The number of non-ortho nitro benzene ring substituents is 1. The van der Waals surface area contributed by atoms with E-state index in [1.807, 2.05) is 0 Å². The summed E-state index contributed by atoms with van der Waals surface area (Å²) >= 11 is 0. The van der Waals surface area contributed by atoms with E-state index in [1.165, 1.54) is 0 Å². The zero-order chi connectivity index (χ0) is 15.3. The molecule has 0 aliphatic heterocycles. The van der Waals surface area contributed by atoms with Gasteiger partial charge in [0, 0.05) is 18.7 Å². The molecule has 0 unspecified atom stereocenters. The Kier molecular flexibility index (Phi) is 5.17. The number of rotatable bonds is 6. The van der Waals surface area contributed by atoms with Gasteiger partial charge in [0.2, 0.25) is 10.0 Å². The van der Waals surface area contributed by atoms with Gasteiger partial charge in [-0.15, -0.1) is 0 Å². The van der Waals surface area contributed by atoms with Crippen LogP contribution in [0.2, 0.25) is 0 Å². The van der Waals surface area contributed by atoms with Crippen LogP contribution in [0.25, 0.3) is 0 Å². The van der Waals surface area contributed by atoms with Gasteiger partial charge in [-0.2, -0.15) is 0 Å². The van der Waals surface area contributed by atoms with E-state index in [2.05, 4.69) is 9.46 Å². The number of sulfonamides is 1. The van der Waals surface area contributed by atoms with Gasteiger partial charge in [-0.05, 0) is 12.5 Å². The Hall–Kier alpha value is -2.00. The molecule has 0 amide bonds. The molecule has 0 bridgehead atoms. The van der Waals surface area contributed by atoms with E-state index in [0.29, 0.717) is 6.42 Å². The minimum Gasteiger partial charge on any atom is -0.465 e. The largest absolute Gasteiger partial charge is 0.465 e. The van der Waals surface area contributed by atoms with E-state index in [4.69, 9.17) is 0 Å². The van der Waals surface area contributed by atoms with Crippen LogP contribution in [-0.4, -0.2) is 33.0 Å². The van der Waals surface area contributed by atoms with Gasteiger partial charge in [0.05, 0.1) is 22.5 Å². The number of ether oxygens (including phenoxy) is 1. The molecule has 9 heteroatoms. The number of nitro benzene ring substituents is 1. The third kappa shape index (κ3) is 3.52. The second-order valence-electron chi connectivity index (χ2n) is 3.83. The zero-order valence-corrected chi connectivity index (χ0v) is 11.8. The van der Waals surface area contributed by atoms with Gasteiger partial charge in [0.1, 0.15) is 0 Å². The van der Waals surface area contributed by atoms with Crippen LogP contribution < -0.4 is 4.72 Å². The Morgan fingerprint density at radius 1 is 1.45 bits per heavy atom. The molecule has 0 saturated carbocycles. The second kappa shape index (κ2) is 6.44. The number of hydrogen-bond acceptors (Lipinski definition) is 6. The fourth-order valence-electron chi connectivity index (χ4n) is 1.45. The molecule has 1 aromatic rings. The number of carbonyl (C=O) groups is 1. The third-order valence-electron chi connectivity index (χ3n) is 2.41. The molecule has 0 spiro atoms. The van der Waals surface area contributed by atoms with Crippen LogP contribution in [0.15, 0.2) is 23.1 Å². The molecular weight excluding hydrogens is 288 g/mol. The van der Waals surface area contributed by atoms with Crippen molar-refractivity contribution < 1.29 is 22.9 Å². The summed E-state index contributed by atoms with van der Waals surface area (Å²) in [6.07, 6.45) is 0.569. The van der Waals surface area contributed by atoms with Crippen LogP contribution in [-0.2, 0) is 14.8 Å². The summed E-state index contributed by atoms with van der Waals surface area (Å²) in [6, 6.07) is 2.92. The van der Waals surface area contributed by atoms with Crippen molar-refractivity contribution in [2.24, 2.45) is 0 Å². The number of hydrogen-bond donors (Lipinski definition) is 1. The molecule has 0 aliphatic rings. The van der Waals surface area contributed by atoms with Crippen molar-refractivity contribution in [2.45, 2.75) is 18.2 Å². The molecule has 1 N–H and O–H groups in total. The van der Waals surface area contributed by atoms with Crippen LogP contribution >= 0.6 is 0 Å². The number of nitrogens with one attached hydrogen (secondary N) is 1. The third-order valence-corrected chi connectivity index (χ3v) is 3.93. The van der Waals surface area contributed by atoms with E-state index < -0.39 is 20.9 Å². The molecule has 1 rings (SSSR count). The summed E-state index contributed by atoms with van der Waals surface area (Å²) in [5.41, 5.74) is -0.759. The normalized spacial score (nSPS) is 11.1. The van der Waals surface area contributed by atoms with Gasteiger partial charge < -0.3 is 4.74 Å². The van der Waals surface area contributed by atoms with E-state index >= 15 is 0 Å². The standard InChI is InChI=1S/C11H14N2O6S/c1-3-6-12-20(17,18)10-5-4-8(13(15)16)7-9(10)11(14)19-2/h4-5,7,12H,3,6H2,1-2H3. The van der Waals surface area contributed by atoms with Crippen molar-refractivity contribution in [1.82, 2.24) is 4.72 Å². The van der Waals surface area contributed by atoms with E-state index in [9.17, 15) is 23.3 Å². The highest BCUT2D eigenvalue weighted by atomic mass is 32.2. The van der Waals surface area contributed by atoms with Crippen LogP contribution in [0.5, 0.6) is 0 Å². The molecule has 8 nitrogen and oxygen atoms in total. The van der Waals surface area contributed by atoms with E-state index in [-0.39, 0.29) is 22.7 Å². The maximum Gasteiger partial charge on any atom is 0.339 e. The lowest BCUT2D eigenvalue weighted by molar-refractivity contribution is -0.384. The number of nitro groups is 1. The van der Waals surface area contributed by atoms with Crippen LogP contribution in [0, 0.1) is 10.1 Å². The minimum absolute atomic E-state index is 0.194. The van der Waals surface area contributed by atoms with Gasteiger partial charge >= 0.3 is 5.97 Å². The number of methoxy groups -OCH3 is 1. The molecule has 0 aromatic heterocycles. The Bertz CT molecular complexity index is 626. The maximum absolute atomic E-state index is 12.0. The molecule has 0 atom stereocenters. The Labute approximate surface area is 115 Å². The van der Waals surface area contributed by atoms with E-state index in [1.54, 1.807) is 6.92 Å². The number of benzene rings is 1. The summed E-state index contributed by atoms with van der Waals surface area (Å²) in [5.74, 6) is -0.953. The smallest absolute Gasteiger partial charge is 0.339 e. The first-order valence-electron chi connectivity index (χ1n) is 5.70. The Balaban J connectivity index is 3.39. The van der Waals surface area contributed by atoms with Crippen molar-refractivity contribution in [3.63, 3.8) is 0 Å². The highest BCUT2D eigenvalue weighted by molar-refractivity contribution is 7.89. The maximum atomic E-state index is 12.0. The lowest BCUT2D eigenvalue weighted by atomic mass is 10.2. The number of carbonyl (C=O) groups excluding carboxylic acids is 1. The molecule has 20 heavy (non-hydrogen) atoms. The molecule has 0 saturated heterocycles. The average molecular weight is 302 g/mol. The first kappa shape index (κ1) is 16.1. The highest BCUT2D eigenvalue weighted by Crippen LogP contribution is 2.22. The fraction of sp³-hybridized carbons (Fsp3) is 0.364. The molecule has 0 heterocycles. The van der Waals surface area contributed by atoms with Crippen LogP contribution in [0.4, 0.5) is 5.69 Å². The van der Waals surface area contributed by atoms with E-state index in [0.717, 1.165) is 25.3 Å². The SMILES string of the molecule is CCCNS(=O)(=O)c1ccc([N+](=O)[O-])cc1C(=O)OC. The van der Waals surface area contributed by atoms with Gasteiger partial charge in [-0.1, -0.05) is 6.92 Å². The molecule has 0 radical (unpaired) electrons. The molecule has 0 fully saturated rings. The average Bonchev–Trinajstić information content (AvgIpc) is 2.43. The summed E-state index contributed by atoms with van der Waals surface area (Å²) < 4.78 is 30.8. The van der Waals surface area contributed by atoms with Gasteiger partial charge in [-0.25, -0.2) is 17.9 Å². The van der Waals surface area contributed by atoms with Gasteiger partial charge in [-0.3, -0.25) is 10.1 Å². The Morgan fingerprint density at radius 2 is 2.10 bits per heavy atom. The lowest BCUT2D eigenvalue weighted by Crippen LogP contribution is -2.26. The predicted molar refractivity (Wildman–Crippen MR) is 69.9 cm³/mol. The predicted octanol–water partition coefficient (Wildman–Crippen LogP) is 1.07. The van der Waals surface area contributed by atoms with Crippen molar-refractivity contribution in [1.29, 1.82) is 0 Å². The van der Waals surface area contributed by atoms with Crippen LogP contribution in [0.1, 0.15) is 23.7 Å².